The summed E-state index contributed by atoms with van der Waals surface area (Å²) in [4.78, 5) is 10.1. The second-order valence-electron chi connectivity index (χ2n) is 5.95. The van der Waals surface area contributed by atoms with Crippen LogP contribution in [0.1, 0.15) is 12.8 Å². The Labute approximate surface area is 177 Å². The van der Waals surface area contributed by atoms with Crippen molar-refractivity contribution < 1.29 is 18.6 Å². The highest BCUT2D eigenvalue weighted by molar-refractivity contribution is 8.00. The van der Waals surface area contributed by atoms with Gasteiger partial charge in [-0.25, -0.2) is 4.98 Å². The van der Waals surface area contributed by atoms with E-state index in [9.17, 15) is 4.39 Å². The monoisotopic (exact) mass is 438 g/mol. The third-order valence-corrected chi connectivity index (χ3v) is 5.91. The number of hydrogen-bond donors (Lipinski definition) is 1. The van der Waals surface area contributed by atoms with Gasteiger partial charge in [-0.05, 0) is 6.42 Å². The second kappa shape index (κ2) is 9.29. The average Bonchev–Trinajstić information content (AvgIpc) is 3.05. The lowest BCUT2D eigenvalue weighted by Gasteiger charge is -2.26. The van der Waals surface area contributed by atoms with Gasteiger partial charge in [-0.15, -0.1) is 12.3 Å². The molecule has 0 aliphatic carbocycles. The van der Waals surface area contributed by atoms with Crippen LogP contribution in [0.2, 0.25) is 5.02 Å². The highest BCUT2D eigenvalue weighted by atomic mass is 35.5. The molecule has 10 heteroatoms. The number of rotatable bonds is 8. The number of hydrogen-bond acceptors (Lipinski definition) is 8. The summed E-state index contributed by atoms with van der Waals surface area (Å²) in [5.41, 5.74) is 0.295. The normalized spacial score (nSPS) is 14.8. The number of nitrogens with zero attached hydrogens (tertiary/aromatic N) is 3. The molecule has 0 fully saturated rings. The van der Waals surface area contributed by atoms with Crippen LogP contribution in [0.25, 0.3) is 0 Å². The topological polar surface area (TPSA) is 68.7 Å². The number of unbranched alkanes of at least 4 members (excludes halogenated alkanes) is 1. The maximum absolute atomic E-state index is 13.7. The summed E-state index contributed by atoms with van der Waals surface area (Å²) in [6, 6.07) is 1.66. The molecule has 1 aromatic carbocycles. The van der Waals surface area contributed by atoms with Gasteiger partial charge < -0.3 is 24.4 Å². The van der Waals surface area contributed by atoms with Crippen LogP contribution in [0.5, 0.6) is 17.2 Å². The molecule has 29 heavy (non-hydrogen) atoms. The van der Waals surface area contributed by atoms with E-state index in [1.165, 1.54) is 39.3 Å². The molecule has 0 amide bonds. The summed E-state index contributed by atoms with van der Waals surface area (Å²) in [7, 11) is 4.58. The molecule has 3 rings (SSSR count). The number of benzene rings is 1. The van der Waals surface area contributed by atoms with Crippen LogP contribution in [0.15, 0.2) is 17.2 Å². The molecule has 1 atom stereocenters. The third-order valence-electron chi connectivity index (χ3n) is 4.26. The van der Waals surface area contributed by atoms with Gasteiger partial charge in [0.15, 0.2) is 22.8 Å². The number of terminal acetylenes is 1. The smallest absolute Gasteiger partial charge is 0.310 e. The zero-order valence-corrected chi connectivity index (χ0v) is 17.7. The largest absolute Gasteiger partial charge is 0.493 e. The lowest BCUT2D eigenvalue weighted by atomic mass is 10.3. The fourth-order valence-corrected chi connectivity index (χ4v) is 4.50. The average molecular weight is 439 g/mol. The standard InChI is InChI=1S/C19H20ClFN4O3S/c1-5-6-7-8-25-17-12(10-22-18(21)24-17)23-19(25)29-16-11(20)9-13(26-2)14(27-3)15(16)28-4/h1,9-10,19,23H,6-8H2,2-4H3. The van der Waals surface area contributed by atoms with Gasteiger partial charge in [-0.1, -0.05) is 23.4 Å². The number of aromatic nitrogens is 2. The van der Waals surface area contributed by atoms with Crippen molar-refractivity contribution in [1.82, 2.24) is 9.97 Å². The van der Waals surface area contributed by atoms with Gasteiger partial charge in [0.2, 0.25) is 5.75 Å². The van der Waals surface area contributed by atoms with Crippen molar-refractivity contribution in [2.45, 2.75) is 23.2 Å². The Balaban J connectivity index is 1.97. The van der Waals surface area contributed by atoms with Crippen LogP contribution >= 0.6 is 23.4 Å². The fourth-order valence-electron chi connectivity index (χ4n) is 2.98. The van der Waals surface area contributed by atoms with E-state index < -0.39 is 6.08 Å². The summed E-state index contributed by atoms with van der Waals surface area (Å²) in [6.45, 7) is 0.575. The maximum atomic E-state index is 13.7. The summed E-state index contributed by atoms with van der Waals surface area (Å²) in [5, 5.41) is 3.72. The van der Waals surface area contributed by atoms with Crippen LogP contribution < -0.4 is 24.4 Å². The van der Waals surface area contributed by atoms with Crippen LogP contribution in [0.3, 0.4) is 0 Å². The van der Waals surface area contributed by atoms with Gasteiger partial charge in [-0.2, -0.15) is 9.37 Å². The molecule has 1 aliphatic heterocycles. The van der Waals surface area contributed by atoms with Crippen molar-refractivity contribution in [3.05, 3.63) is 23.4 Å². The molecule has 1 unspecified atom stereocenters. The molecule has 0 spiro atoms. The van der Waals surface area contributed by atoms with Crippen LogP contribution in [0, 0.1) is 18.4 Å². The molecule has 0 saturated carbocycles. The molecule has 0 radical (unpaired) electrons. The van der Waals surface area contributed by atoms with Crippen molar-refractivity contribution in [3.63, 3.8) is 0 Å². The molecule has 2 aromatic rings. The minimum Gasteiger partial charge on any atom is -0.493 e. The van der Waals surface area contributed by atoms with Crippen molar-refractivity contribution in [2.24, 2.45) is 0 Å². The molecule has 154 valence electrons. The van der Waals surface area contributed by atoms with E-state index in [4.69, 9.17) is 32.2 Å². The second-order valence-corrected chi connectivity index (χ2v) is 7.45. The Bertz CT molecular complexity index is 941. The Morgan fingerprint density at radius 3 is 2.72 bits per heavy atom. The van der Waals surface area contributed by atoms with Crippen LogP contribution in [0.4, 0.5) is 15.9 Å². The van der Waals surface area contributed by atoms with Gasteiger partial charge >= 0.3 is 6.08 Å². The minimum absolute atomic E-state index is 0.330. The Kier molecular flexibility index (Phi) is 6.77. The molecule has 1 aromatic heterocycles. The highest BCUT2D eigenvalue weighted by Gasteiger charge is 2.33. The van der Waals surface area contributed by atoms with E-state index >= 15 is 0 Å². The Morgan fingerprint density at radius 2 is 2.07 bits per heavy atom. The first-order valence-corrected chi connectivity index (χ1v) is 9.94. The lowest BCUT2D eigenvalue weighted by Crippen LogP contribution is -2.34. The van der Waals surface area contributed by atoms with Gasteiger partial charge in [0.05, 0.1) is 43.1 Å². The summed E-state index contributed by atoms with van der Waals surface area (Å²) < 4.78 is 30.0. The zero-order chi connectivity index (χ0) is 21.0. The first kappa shape index (κ1) is 21.1. The van der Waals surface area contributed by atoms with Gasteiger partial charge in [0, 0.05) is 19.0 Å². The fraction of sp³-hybridized carbons (Fsp3) is 0.368. The molecule has 0 bridgehead atoms. The lowest BCUT2D eigenvalue weighted by molar-refractivity contribution is 0.319. The van der Waals surface area contributed by atoms with Crippen molar-refractivity contribution in [1.29, 1.82) is 0 Å². The number of halogens is 2. The minimum atomic E-state index is -0.792. The van der Waals surface area contributed by atoms with E-state index in [1.807, 2.05) is 4.90 Å². The zero-order valence-electron chi connectivity index (χ0n) is 16.2. The molecule has 2 heterocycles. The van der Waals surface area contributed by atoms with E-state index in [0.717, 1.165) is 6.42 Å². The predicted octanol–water partition coefficient (Wildman–Crippen LogP) is 4.02. The van der Waals surface area contributed by atoms with Crippen molar-refractivity contribution in [2.75, 3.05) is 38.1 Å². The number of methoxy groups -OCH3 is 3. The van der Waals surface area contributed by atoms with Crippen molar-refractivity contribution >= 4 is 34.9 Å². The molecule has 1 N–H and O–H groups in total. The molecular weight excluding hydrogens is 419 g/mol. The Hall–Kier alpha value is -2.57. The molecular formula is C19H20ClFN4O3S. The SMILES string of the molecule is C#CCCCN1c2nc(F)ncc2NC1Sc1c(Cl)cc(OC)c(OC)c1OC. The summed E-state index contributed by atoms with van der Waals surface area (Å²) >= 11 is 7.90. The quantitative estimate of drug-likeness (QED) is 0.376. The van der Waals surface area contributed by atoms with Crippen LogP contribution in [-0.2, 0) is 0 Å². The van der Waals surface area contributed by atoms with Gasteiger partial charge in [0.1, 0.15) is 0 Å². The Morgan fingerprint density at radius 1 is 1.31 bits per heavy atom. The van der Waals surface area contributed by atoms with E-state index in [-0.39, 0.29) is 5.50 Å². The predicted molar refractivity (Wildman–Crippen MR) is 112 cm³/mol. The first-order chi connectivity index (χ1) is 14.0. The summed E-state index contributed by atoms with van der Waals surface area (Å²) in [6.07, 6.45) is 7.31. The summed E-state index contributed by atoms with van der Waals surface area (Å²) in [5.74, 6) is 4.42. The molecule has 0 saturated heterocycles. The van der Waals surface area contributed by atoms with Gasteiger partial charge in [-0.3, -0.25) is 0 Å². The maximum Gasteiger partial charge on any atom is 0.310 e. The van der Waals surface area contributed by atoms with E-state index in [0.29, 0.717) is 51.6 Å². The number of thioether (sulfide) groups is 1. The van der Waals surface area contributed by atoms with E-state index in [2.05, 4.69) is 21.2 Å². The van der Waals surface area contributed by atoms with E-state index in [1.54, 1.807) is 6.07 Å². The number of fused-ring (bicyclic) bond motifs is 1. The number of nitrogens with one attached hydrogen (secondary N) is 1. The third kappa shape index (κ3) is 4.23. The number of ether oxygens (including phenoxy) is 3. The first-order valence-electron chi connectivity index (χ1n) is 8.68. The van der Waals surface area contributed by atoms with Crippen molar-refractivity contribution in [3.8, 4) is 29.6 Å². The van der Waals surface area contributed by atoms with Crippen LogP contribution in [-0.4, -0.2) is 43.3 Å². The van der Waals surface area contributed by atoms with Gasteiger partial charge in [0.25, 0.3) is 0 Å². The highest BCUT2D eigenvalue weighted by Crippen LogP contribution is 2.51. The number of anilines is 2. The molecule has 1 aliphatic rings. The molecule has 7 nitrogen and oxygen atoms in total.